The normalized spacial score (nSPS) is 16.3. The highest BCUT2D eigenvalue weighted by Crippen LogP contribution is 2.37. The minimum atomic E-state index is -0.132. The Balaban J connectivity index is 1.79. The Bertz CT molecular complexity index is 644. The highest BCUT2D eigenvalue weighted by Gasteiger charge is 2.28. The van der Waals surface area contributed by atoms with Gasteiger partial charge in [0.15, 0.2) is 5.16 Å². The molecule has 20 heavy (non-hydrogen) atoms. The molecule has 1 aliphatic rings. The van der Waals surface area contributed by atoms with Crippen LogP contribution >= 0.6 is 11.8 Å². The Hall–Kier alpha value is -1.60. The summed E-state index contributed by atoms with van der Waals surface area (Å²) in [6, 6.07) is 4.19. The van der Waals surface area contributed by atoms with E-state index in [4.69, 9.17) is 5.73 Å². The maximum absolute atomic E-state index is 11.7. The molecule has 7 heteroatoms. The molecule has 3 N–H and O–H groups in total. The predicted octanol–water partition coefficient (Wildman–Crippen LogP) is 1.86. The first-order chi connectivity index (χ1) is 9.69. The van der Waals surface area contributed by atoms with E-state index in [1.165, 1.54) is 11.8 Å². The number of nitrogens with zero attached hydrogens (tertiary/aromatic N) is 3. The van der Waals surface area contributed by atoms with Crippen molar-refractivity contribution in [2.24, 2.45) is 5.73 Å². The Kier molecular flexibility index (Phi) is 3.62. The molecule has 6 nitrogen and oxygen atoms in total. The summed E-state index contributed by atoms with van der Waals surface area (Å²) in [6.07, 6.45) is 4.75. The van der Waals surface area contributed by atoms with Gasteiger partial charge < -0.3 is 5.73 Å². The van der Waals surface area contributed by atoms with Gasteiger partial charge in [-0.05, 0) is 43.2 Å². The van der Waals surface area contributed by atoms with Crippen molar-refractivity contribution >= 4 is 11.8 Å². The van der Waals surface area contributed by atoms with Crippen LogP contribution in [0.1, 0.15) is 44.0 Å². The van der Waals surface area contributed by atoms with Crippen LogP contribution in [-0.4, -0.2) is 19.7 Å². The van der Waals surface area contributed by atoms with E-state index >= 15 is 0 Å². The summed E-state index contributed by atoms with van der Waals surface area (Å²) >= 11 is 1.45. The van der Waals surface area contributed by atoms with Crippen LogP contribution in [0, 0.1) is 0 Å². The largest absolute Gasteiger partial charge is 0.344 e. The van der Waals surface area contributed by atoms with Crippen molar-refractivity contribution in [2.75, 3.05) is 0 Å². The van der Waals surface area contributed by atoms with Gasteiger partial charge in [-0.3, -0.25) is 9.55 Å². The third-order valence-corrected chi connectivity index (χ3v) is 4.32. The average molecular weight is 291 g/mol. The van der Waals surface area contributed by atoms with Crippen LogP contribution in [0.2, 0.25) is 0 Å². The molecule has 1 fully saturated rings. The standard InChI is InChI=1S/C13H17N5OS/c1-2-10(14)11-6-5-9(7-15-11)20-13-17-16-12(19)18(13)8-3-4-8/h5-8,10H,2-4,14H2,1H3,(H,16,19). The molecular formula is C13H17N5OS. The number of hydrogen-bond acceptors (Lipinski definition) is 5. The SMILES string of the molecule is CCC(N)c1ccc(Sc2n[nH]c(=O)n2C2CC2)cn1. The molecule has 0 aromatic carbocycles. The van der Waals surface area contributed by atoms with Crippen LogP contribution in [0.5, 0.6) is 0 Å². The van der Waals surface area contributed by atoms with Crippen LogP contribution in [0.15, 0.2) is 33.2 Å². The van der Waals surface area contributed by atoms with Crippen LogP contribution in [0.3, 0.4) is 0 Å². The third kappa shape index (κ3) is 2.64. The van der Waals surface area contributed by atoms with Gasteiger partial charge in [0.05, 0.1) is 5.69 Å². The van der Waals surface area contributed by atoms with Gasteiger partial charge in [-0.1, -0.05) is 6.92 Å². The number of aromatic nitrogens is 4. The minimum absolute atomic E-state index is 0.0240. The van der Waals surface area contributed by atoms with Crippen molar-refractivity contribution in [2.45, 2.75) is 48.3 Å². The van der Waals surface area contributed by atoms with E-state index in [9.17, 15) is 4.79 Å². The van der Waals surface area contributed by atoms with Gasteiger partial charge in [-0.2, -0.15) is 0 Å². The summed E-state index contributed by atoms with van der Waals surface area (Å²) in [5.74, 6) is 0. The number of rotatable bonds is 5. The molecule has 0 radical (unpaired) electrons. The fraction of sp³-hybridized carbons (Fsp3) is 0.462. The van der Waals surface area contributed by atoms with E-state index in [1.54, 1.807) is 10.8 Å². The second-order valence-electron chi connectivity index (χ2n) is 4.95. The molecule has 0 aliphatic heterocycles. The number of hydrogen-bond donors (Lipinski definition) is 2. The Labute approximate surface area is 120 Å². The van der Waals surface area contributed by atoms with Gasteiger partial charge in [0, 0.05) is 23.2 Å². The van der Waals surface area contributed by atoms with Crippen molar-refractivity contribution in [3.05, 3.63) is 34.5 Å². The zero-order valence-electron chi connectivity index (χ0n) is 11.2. The molecule has 0 bridgehead atoms. The van der Waals surface area contributed by atoms with Crippen molar-refractivity contribution in [1.29, 1.82) is 0 Å². The van der Waals surface area contributed by atoms with Gasteiger partial charge in [-0.25, -0.2) is 9.89 Å². The van der Waals surface area contributed by atoms with E-state index in [0.717, 1.165) is 29.9 Å². The van der Waals surface area contributed by atoms with Crippen LogP contribution in [0.4, 0.5) is 0 Å². The summed E-state index contributed by atoms with van der Waals surface area (Å²) < 4.78 is 1.73. The molecule has 0 amide bonds. The lowest BCUT2D eigenvalue weighted by Gasteiger charge is -2.08. The summed E-state index contributed by atoms with van der Waals surface area (Å²) in [4.78, 5) is 17.0. The molecule has 1 atom stereocenters. The van der Waals surface area contributed by atoms with E-state index < -0.39 is 0 Å². The molecule has 2 aromatic heterocycles. The lowest BCUT2D eigenvalue weighted by molar-refractivity contribution is 0.642. The molecule has 2 aromatic rings. The van der Waals surface area contributed by atoms with E-state index in [2.05, 4.69) is 15.2 Å². The maximum Gasteiger partial charge on any atom is 0.344 e. The van der Waals surface area contributed by atoms with E-state index in [0.29, 0.717) is 11.2 Å². The number of pyridine rings is 1. The lowest BCUT2D eigenvalue weighted by Crippen LogP contribution is -2.16. The summed E-state index contributed by atoms with van der Waals surface area (Å²) in [7, 11) is 0. The summed E-state index contributed by atoms with van der Waals surface area (Å²) in [5, 5.41) is 7.30. The number of aromatic amines is 1. The van der Waals surface area contributed by atoms with E-state index in [-0.39, 0.29) is 11.7 Å². The first-order valence-corrected chi connectivity index (χ1v) is 7.57. The average Bonchev–Trinajstić information content (AvgIpc) is 3.24. The summed E-state index contributed by atoms with van der Waals surface area (Å²) in [5.41, 5.74) is 6.70. The number of nitrogens with one attached hydrogen (secondary N) is 1. The summed E-state index contributed by atoms with van der Waals surface area (Å²) in [6.45, 7) is 2.03. The quantitative estimate of drug-likeness (QED) is 0.877. The van der Waals surface area contributed by atoms with Gasteiger partial charge in [0.25, 0.3) is 0 Å². The Morgan fingerprint density at radius 2 is 2.35 bits per heavy atom. The highest BCUT2D eigenvalue weighted by atomic mass is 32.2. The molecule has 1 saturated carbocycles. The van der Waals surface area contributed by atoms with Crippen LogP contribution < -0.4 is 11.4 Å². The van der Waals surface area contributed by atoms with E-state index in [1.807, 2.05) is 19.1 Å². The molecular weight excluding hydrogens is 274 g/mol. The molecule has 2 heterocycles. The van der Waals surface area contributed by atoms with Gasteiger partial charge in [0.1, 0.15) is 0 Å². The fourth-order valence-corrected chi connectivity index (χ4v) is 2.88. The van der Waals surface area contributed by atoms with Gasteiger partial charge in [-0.15, -0.1) is 5.10 Å². The molecule has 3 rings (SSSR count). The van der Waals surface area contributed by atoms with Crippen LogP contribution in [-0.2, 0) is 0 Å². The molecule has 106 valence electrons. The minimum Gasteiger partial charge on any atom is -0.323 e. The van der Waals surface area contributed by atoms with Crippen molar-refractivity contribution in [3.63, 3.8) is 0 Å². The van der Waals surface area contributed by atoms with Gasteiger partial charge >= 0.3 is 5.69 Å². The van der Waals surface area contributed by atoms with Crippen LogP contribution in [0.25, 0.3) is 0 Å². The molecule has 0 saturated heterocycles. The monoisotopic (exact) mass is 291 g/mol. The first kappa shape index (κ1) is 13.4. The second kappa shape index (κ2) is 5.41. The molecule has 1 unspecified atom stereocenters. The van der Waals surface area contributed by atoms with Gasteiger partial charge in [0.2, 0.25) is 0 Å². The molecule has 1 aliphatic carbocycles. The number of H-pyrrole nitrogens is 1. The maximum atomic E-state index is 11.7. The second-order valence-corrected chi connectivity index (χ2v) is 5.99. The Morgan fingerprint density at radius 1 is 1.55 bits per heavy atom. The third-order valence-electron chi connectivity index (χ3n) is 3.37. The van der Waals surface area contributed by atoms with Crippen molar-refractivity contribution in [3.8, 4) is 0 Å². The van der Waals surface area contributed by atoms with Crippen molar-refractivity contribution < 1.29 is 0 Å². The first-order valence-electron chi connectivity index (χ1n) is 6.75. The number of nitrogens with two attached hydrogens (primary N) is 1. The highest BCUT2D eigenvalue weighted by molar-refractivity contribution is 7.99. The topological polar surface area (TPSA) is 89.6 Å². The zero-order valence-corrected chi connectivity index (χ0v) is 12.1. The Morgan fingerprint density at radius 3 is 2.95 bits per heavy atom. The fourth-order valence-electron chi connectivity index (χ4n) is 2.00. The molecule has 0 spiro atoms. The smallest absolute Gasteiger partial charge is 0.323 e. The van der Waals surface area contributed by atoms with Crippen molar-refractivity contribution in [1.82, 2.24) is 19.7 Å². The zero-order chi connectivity index (χ0) is 14.1. The lowest BCUT2D eigenvalue weighted by atomic mass is 10.1. The predicted molar refractivity (Wildman–Crippen MR) is 76.7 cm³/mol.